The van der Waals surface area contributed by atoms with Crippen molar-refractivity contribution in [3.05, 3.63) is 0 Å². The van der Waals surface area contributed by atoms with Crippen molar-refractivity contribution in [3.63, 3.8) is 0 Å². The zero-order valence-electron chi connectivity index (χ0n) is 10.4. The van der Waals surface area contributed by atoms with Crippen LogP contribution in [0.3, 0.4) is 0 Å². The van der Waals surface area contributed by atoms with Gasteiger partial charge in [0.2, 0.25) is 0 Å². The molecule has 0 aromatic carbocycles. The summed E-state index contributed by atoms with van der Waals surface area (Å²) in [4.78, 5) is 11.0. The maximum atomic E-state index is 12.9. The first-order chi connectivity index (χ1) is 8.49. The van der Waals surface area contributed by atoms with Gasteiger partial charge in [-0.15, -0.1) is 0 Å². The molecule has 0 saturated heterocycles. The molecule has 0 radical (unpaired) electrons. The van der Waals surface area contributed by atoms with Gasteiger partial charge in [0.15, 0.2) is 10.1 Å². The molecule has 2 atom stereocenters. The van der Waals surface area contributed by atoms with E-state index in [0.29, 0.717) is 12.8 Å². The molecule has 112 valence electrons. The molecule has 1 saturated carbocycles. The fourth-order valence-corrected chi connectivity index (χ4v) is 2.20. The monoisotopic (exact) mass is 301 g/mol. The number of carbonyl (C=O) groups is 1. The molecule has 1 rings (SSSR count). The minimum Gasteiger partial charge on any atom is -0.743 e. The minimum absolute atomic E-state index is 0.166. The van der Waals surface area contributed by atoms with Crippen molar-refractivity contribution in [2.24, 2.45) is 5.92 Å². The molecule has 9 heteroatoms. The second-order valence-electron chi connectivity index (χ2n) is 4.57. The van der Waals surface area contributed by atoms with Gasteiger partial charge in [-0.05, 0) is 19.3 Å². The van der Waals surface area contributed by atoms with Crippen molar-refractivity contribution in [3.8, 4) is 0 Å². The molecule has 2 unspecified atom stereocenters. The van der Waals surface area contributed by atoms with Crippen LogP contribution in [-0.4, -0.2) is 41.0 Å². The summed E-state index contributed by atoms with van der Waals surface area (Å²) < 4.78 is 60.7. The Kier molecular flexibility index (Phi) is 4.23. The Balaban J connectivity index is 2.69. The molecular weight excluding hydrogens is 286 g/mol. The molecule has 0 aromatic heterocycles. The number of hydrogen-bond acceptors (Lipinski definition) is 6. The standard InChI is InChI=1S/C10H16F2O6S/c1-3-9(14,4-2)6-5-7(6)18-8(13)10(11,12)19(15,16)17/h6-7,14H,3-5H2,1-2H3,(H,15,16,17)/p-1. The quantitative estimate of drug-likeness (QED) is 0.569. The maximum Gasteiger partial charge on any atom is 0.428 e. The van der Waals surface area contributed by atoms with Crippen LogP contribution in [0.5, 0.6) is 0 Å². The lowest BCUT2D eigenvalue weighted by atomic mass is 9.91. The summed E-state index contributed by atoms with van der Waals surface area (Å²) in [5.74, 6) is -2.90. The zero-order chi connectivity index (χ0) is 15.1. The van der Waals surface area contributed by atoms with Gasteiger partial charge in [0.25, 0.3) is 0 Å². The molecule has 19 heavy (non-hydrogen) atoms. The first kappa shape index (κ1) is 16.3. The second kappa shape index (κ2) is 4.95. The zero-order valence-corrected chi connectivity index (χ0v) is 11.2. The SMILES string of the molecule is CCC(O)(CC)C1CC1OC(=O)C(F)(F)S(=O)(=O)[O-]. The smallest absolute Gasteiger partial charge is 0.428 e. The van der Waals surface area contributed by atoms with E-state index in [9.17, 15) is 31.7 Å². The Labute approximate surface area is 109 Å². The number of aliphatic hydroxyl groups is 1. The highest BCUT2D eigenvalue weighted by Crippen LogP contribution is 2.46. The van der Waals surface area contributed by atoms with Crippen molar-refractivity contribution < 1.29 is 36.4 Å². The van der Waals surface area contributed by atoms with Gasteiger partial charge in [0, 0.05) is 5.92 Å². The van der Waals surface area contributed by atoms with Crippen molar-refractivity contribution in [2.75, 3.05) is 0 Å². The molecular formula is C10H15F2O6S-. The van der Waals surface area contributed by atoms with Crippen LogP contribution in [0.1, 0.15) is 33.1 Å². The Morgan fingerprint density at radius 3 is 2.26 bits per heavy atom. The average molecular weight is 301 g/mol. The number of carbonyl (C=O) groups excluding carboxylic acids is 1. The third-order valence-corrected chi connectivity index (χ3v) is 4.25. The van der Waals surface area contributed by atoms with Crippen LogP contribution in [0.15, 0.2) is 0 Å². The molecule has 0 aliphatic heterocycles. The fraction of sp³-hybridized carbons (Fsp3) is 0.900. The van der Waals surface area contributed by atoms with Crippen molar-refractivity contribution in [2.45, 2.75) is 50.1 Å². The Hall–Kier alpha value is -0.800. The van der Waals surface area contributed by atoms with Crippen LogP contribution < -0.4 is 0 Å². The highest BCUT2D eigenvalue weighted by molar-refractivity contribution is 7.87. The first-order valence-corrected chi connectivity index (χ1v) is 7.17. The number of rotatable bonds is 6. The van der Waals surface area contributed by atoms with Crippen LogP contribution in [0.25, 0.3) is 0 Å². The number of halogens is 2. The number of esters is 1. The van der Waals surface area contributed by atoms with E-state index in [0.717, 1.165) is 0 Å². The third kappa shape index (κ3) is 3.03. The normalized spacial score (nSPS) is 24.1. The van der Waals surface area contributed by atoms with Crippen molar-refractivity contribution in [1.82, 2.24) is 0 Å². The van der Waals surface area contributed by atoms with E-state index in [4.69, 9.17) is 0 Å². The van der Waals surface area contributed by atoms with Crippen molar-refractivity contribution >= 4 is 16.1 Å². The molecule has 0 spiro atoms. The molecule has 0 aromatic rings. The van der Waals surface area contributed by atoms with E-state index in [2.05, 4.69) is 4.74 Å². The Bertz CT molecular complexity index is 457. The van der Waals surface area contributed by atoms with Gasteiger partial charge in [-0.25, -0.2) is 13.2 Å². The molecule has 1 aliphatic carbocycles. The summed E-state index contributed by atoms with van der Waals surface area (Å²) in [5.41, 5.74) is -1.14. The van der Waals surface area contributed by atoms with E-state index in [1.54, 1.807) is 13.8 Å². The van der Waals surface area contributed by atoms with Gasteiger partial charge >= 0.3 is 11.2 Å². The van der Waals surface area contributed by atoms with Gasteiger partial charge in [-0.2, -0.15) is 8.78 Å². The Morgan fingerprint density at radius 1 is 1.42 bits per heavy atom. The second-order valence-corrected chi connectivity index (χ2v) is 5.99. The summed E-state index contributed by atoms with van der Waals surface area (Å²) in [5, 5.41) is 4.96. The topological polar surface area (TPSA) is 104 Å². The highest BCUT2D eigenvalue weighted by atomic mass is 32.2. The number of ether oxygens (including phenoxy) is 1. The summed E-state index contributed by atoms with van der Waals surface area (Å²) in [6.45, 7) is 3.38. The van der Waals surface area contributed by atoms with E-state index in [1.807, 2.05) is 0 Å². The minimum atomic E-state index is -6.10. The summed E-state index contributed by atoms with van der Waals surface area (Å²) in [7, 11) is -6.10. The van der Waals surface area contributed by atoms with Gasteiger partial charge < -0.3 is 14.4 Å². The molecule has 1 fully saturated rings. The van der Waals surface area contributed by atoms with Gasteiger partial charge in [0.05, 0.1) is 5.60 Å². The summed E-state index contributed by atoms with van der Waals surface area (Å²) in [6.07, 6.45) is -0.124. The van der Waals surface area contributed by atoms with E-state index >= 15 is 0 Å². The largest absolute Gasteiger partial charge is 0.743 e. The summed E-state index contributed by atoms with van der Waals surface area (Å²) >= 11 is 0. The third-order valence-electron chi connectivity index (χ3n) is 3.46. The van der Waals surface area contributed by atoms with Crippen LogP contribution in [-0.2, 0) is 19.6 Å². The van der Waals surface area contributed by atoms with Crippen LogP contribution in [0, 0.1) is 5.92 Å². The highest BCUT2D eigenvalue weighted by Gasteiger charge is 2.56. The number of alkyl halides is 2. The fourth-order valence-electron chi connectivity index (χ4n) is 1.95. The lowest BCUT2D eigenvalue weighted by molar-refractivity contribution is -0.164. The molecule has 1 aliphatic rings. The lowest BCUT2D eigenvalue weighted by Gasteiger charge is -2.25. The molecule has 1 N–H and O–H groups in total. The average Bonchev–Trinajstić information content (AvgIpc) is 3.06. The van der Waals surface area contributed by atoms with Crippen LogP contribution in [0.4, 0.5) is 8.78 Å². The summed E-state index contributed by atoms with van der Waals surface area (Å²) in [6, 6.07) is 0. The lowest BCUT2D eigenvalue weighted by Crippen LogP contribution is -2.40. The Morgan fingerprint density at radius 2 is 1.89 bits per heavy atom. The molecule has 0 heterocycles. The molecule has 0 bridgehead atoms. The predicted octanol–water partition coefficient (Wildman–Crippen LogP) is 0.607. The maximum absolute atomic E-state index is 12.9. The van der Waals surface area contributed by atoms with E-state index in [-0.39, 0.29) is 6.42 Å². The van der Waals surface area contributed by atoms with Crippen LogP contribution >= 0.6 is 0 Å². The van der Waals surface area contributed by atoms with E-state index < -0.39 is 39.0 Å². The van der Waals surface area contributed by atoms with Gasteiger partial charge in [-0.3, -0.25) is 0 Å². The van der Waals surface area contributed by atoms with Crippen molar-refractivity contribution in [1.29, 1.82) is 0 Å². The predicted molar refractivity (Wildman–Crippen MR) is 58.2 cm³/mol. The first-order valence-electron chi connectivity index (χ1n) is 5.76. The van der Waals surface area contributed by atoms with E-state index in [1.165, 1.54) is 0 Å². The van der Waals surface area contributed by atoms with Gasteiger partial charge in [0.1, 0.15) is 6.10 Å². The molecule has 0 amide bonds. The molecule has 6 nitrogen and oxygen atoms in total. The number of hydrogen-bond donors (Lipinski definition) is 1. The van der Waals surface area contributed by atoms with Gasteiger partial charge in [-0.1, -0.05) is 13.8 Å². The van der Waals surface area contributed by atoms with Crippen LogP contribution in [0.2, 0.25) is 0 Å².